The van der Waals surface area contributed by atoms with Gasteiger partial charge in [0.1, 0.15) is 0 Å². The van der Waals surface area contributed by atoms with E-state index in [4.69, 9.17) is 10.1 Å². The Labute approximate surface area is 85.2 Å². The topological polar surface area (TPSA) is 34.8 Å². The molecule has 0 heterocycles. The minimum atomic E-state index is -4.32. The van der Waals surface area contributed by atoms with E-state index in [1.54, 1.807) is 6.92 Å². The van der Waals surface area contributed by atoms with Crippen molar-refractivity contribution in [3.8, 4) is 0 Å². The van der Waals surface area contributed by atoms with Gasteiger partial charge in [0.25, 0.3) is 0 Å². The zero-order chi connectivity index (χ0) is 11.5. The molecule has 1 aromatic carbocycles. The predicted molar refractivity (Wildman–Crippen MR) is 49.1 cm³/mol. The lowest BCUT2D eigenvalue weighted by molar-refractivity contribution is -0.139. The Bertz CT molecular complexity index is 343. The molecule has 15 heavy (non-hydrogen) atoms. The van der Waals surface area contributed by atoms with Crippen LogP contribution in [0.25, 0.3) is 0 Å². The van der Waals surface area contributed by atoms with Gasteiger partial charge in [-0.05, 0) is 31.2 Å². The summed E-state index contributed by atoms with van der Waals surface area (Å²) in [5.74, 6) is 0.131. The molecule has 0 aliphatic rings. The SMILES string of the molecule is CCOC(=[NH2+])c1ccc(C(F)(F)F)cc1. The van der Waals surface area contributed by atoms with Gasteiger partial charge in [0.2, 0.25) is 0 Å². The van der Waals surface area contributed by atoms with Crippen molar-refractivity contribution < 1.29 is 23.3 Å². The smallest absolute Gasteiger partial charge is 0.416 e. The van der Waals surface area contributed by atoms with E-state index < -0.39 is 11.7 Å². The second-order valence-electron chi connectivity index (χ2n) is 2.87. The Morgan fingerprint density at radius 2 is 1.80 bits per heavy atom. The first kappa shape index (κ1) is 11.6. The molecular weight excluding hydrogens is 207 g/mol. The van der Waals surface area contributed by atoms with Gasteiger partial charge in [-0.2, -0.15) is 13.2 Å². The van der Waals surface area contributed by atoms with E-state index in [2.05, 4.69) is 0 Å². The van der Waals surface area contributed by atoms with Gasteiger partial charge in [0, 0.05) is 0 Å². The minimum Gasteiger partial charge on any atom is -0.445 e. The Hall–Kier alpha value is -1.52. The summed E-state index contributed by atoms with van der Waals surface area (Å²) in [7, 11) is 0. The van der Waals surface area contributed by atoms with Crippen LogP contribution >= 0.6 is 0 Å². The standard InChI is InChI=1S/C10H10F3NO/c1-2-15-9(14)7-3-5-8(6-4-7)10(11,12)13/h3-6,14H,2H2,1H3/p+1. The summed E-state index contributed by atoms with van der Waals surface area (Å²) >= 11 is 0. The molecule has 0 aliphatic heterocycles. The molecule has 0 radical (unpaired) electrons. The second kappa shape index (κ2) is 4.33. The Morgan fingerprint density at radius 3 is 2.20 bits per heavy atom. The molecule has 0 spiro atoms. The third-order valence-corrected chi connectivity index (χ3v) is 1.80. The van der Waals surface area contributed by atoms with Crippen LogP contribution in [0.3, 0.4) is 0 Å². The summed E-state index contributed by atoms with van der Waals surface area (Å²) in [6.07, 6.45) is -4.32. The van der Waals surface area contributed by atoms with Gasteiger partial charge in [-0.1, -0.05) is 0 Å². The molecule has 0 saturated carbocycles. The Balaban J connectivity index is 2.86. The average Bonchev–Trinajstić information content (AvgIpc) is 2.17. The lowest BCUT2D eigenvalue weighted by Gasteiger charge is -2.06. The molecule has 0 unspecified atom stereocenters. The van der Waals surface area contributed by atoms with Gasteiger partial charge in [0.15, 0.2) is 0 Å². The molecule has 0 aromatic heterocycles. The van der Waals surface area contributed by atoms with Gasteiger partial charge < -0.3 is 4.74 Å². The molecule has 0 fully saturated rings. The van der Waals surface area contributed by atoms with Crippen LogP contribution in [0.2, 0.25) is 0 Å². The molecule has 0 aliphatic carbocycles. The van der Waals surface area contributed by atoms with Gasteiger partial charge in [0.05, 0.1) is 17.7 Å². The van der Waals surface area contributed by atoms with Crippen LogP contribution in [0.4, 0.5) is 13.2 Å². The maximum atomic E-state index is 12.2. The fourth-order valence-corrected chi connectivity index (χ4v) is 1.06. The van der Waals surface area contributed by atoms with Crippen molar-refractivity contribution in [1.29, 1.82) is 0 Å². The second-order valence-corrected chi connectivity index (χ2v) is 2.87. The third kappa shape index (κ3) is 2.97. The highest BCUT2D eigenvalue weighted by Gasteiger charge is 2.30. The summed E-state index contributed by atoms with van der Waals surface area (Å²) in [6.45, 7) is 2.13. The van der Waals surface area contributed by atoms with Crippen molar-refractivity contribution in [3.63, 3.8) is 0 Å². The lowest BCUT2D eigenvalue weighted by atomic mass is 10.1. The molecule has 0 amide bonds. The van der Waals surface area contributed by atoms with Gasteiger partial charge in [-0.3, -0.25) is 0 Å². The monoisotopic (exact) mass is 218 g/mol. The van der Waals surface area contributed by atoms with E-state index in [0.29, 0.717) is 12.2 Å². The molecule has 0 saturated heterocycles. The van der Waals surface area contributed by atoms with Crippen molar-refractivity contribution in [1.82, 2.24) is 0 Å². The van der Waals surface area contributed by atoms with Gasteiger partial charge in [-0.25, -0.2) is 5.41 Å². The van der Waals surface area contributed by atoms with Crippen molar-refractivity contribution in [2.75, 3.05) is 6.61 Å². The third-order valence-electron chi connectivity index (χ3n) is 1.80. The highest BCUT2D eigenvalue weighted by atomic mass is 19.4. The van der Waals surface area contributed by atoms with Crippen LogP contribution in [0.5, 0.6) is 0 Å². The van der Waals surface area contributed by atoms with E-state index in [0.717, 1.165) is 12.1 Å². The van der Waals surface area contributed by atoms with Gasteiger partial charge >= 0.3 is 12.1 Å². The minimum absolute atomic E-state index is 0.131. The lowest BCUT2D eigenvalue weighted by Crippen LogP contribution is -2.42. The van der Waals surface area contributed by atoms with Crippen molar-refractivity contribution in [2.24, 2.45) is 0 Å². The summed E-state index contributed by atoms with van der Waals surface area (Å²) in [5.41, 5.74) is -0.250. The number of rotatable bonds is 2. The number of alkyl halides is 3. The predicted octanol–water partition coefficient (Wildman–Crippen LogP) is 1.25. The first-order valence-corrected chi connectivity index (χ1v) is 4.38. The number of halogens is 3. The zero-order valence-corrected chi connectivity index (χ0v) is 8.14. The molecule has 82 valence electrons. The molecule has 1 rings (SSSR count). The summed E-state index contributed by atoms with van der Waals surface area (Å²) in [4.78, 5) is 0. The van der Waals surface area contributed by atoms with Gasteiger partial charge in [-0.15, -0.1) is 0 Å². The molecule has 0 bridgehead atoms. The maximum absolute atomic E-state index is 12.2. The average molecular weight is 218 g/mol. The van der Waals surface area contributed by atoms with E-state index in [-0.39, 0.29) is 5.90 Å². The van der Waals surface area contributed by atoms with Crippen LogP contribution in [0.1, 0.15) is 18.1 Å². The van der Waals surface area contributed by atoms with Crippen molar-refractivity contribution in [2.45, 2.75) is 13.1 Å². The molecular formula is C10H11F3NO+. The summed E-state index contributed by atoms with van der Waals surface area (Å²) in [6, 6.07) is 4.52. The number of benzene rings is 1. The largest absolute Gasteiger partial charge is 0.445 e. The van der Waals surface area contributed by atoms with Crippen LogP contribution < -0.4 is 5.41 Å². The van der Waals surface area contributed by atoms with Crippen LogP contribution in [0, 0.1) is 0 Å². The Morgan fingerprint density at radius 1 is 1.27 bits per heavy atom. The summed E-state index contributed by atoms with van der Waals surface area (Å²) < 4.78 is 41.6. The van der Waals surface area contributed by atoms with Crippen LogP contribution in [-0.4, -0.2) is 12.5 Å². The molecule has 2 nitrogen and oxygen atoms in total. The quantitative estimate of drug-likeness (QED) is 0.588. The van der Waals surface area contributed by atoms with E-state index in [9.17, 15) is 13.2 Å². The van der Waals surface area contributed by atoms with Crippen LogP contribution in [-0.2, 0) is 10.9 Å². The first-order valence-electron chi connectivity index (χ1n) is 4.38. The number of hydrogen-bond acceptors (Lipinski definition) is 1. The summed E-state index contributed by atoms with van der Waals surface area (Å²) in [5, 5.41) is 5.48. The fourth-order valence-electron chi connectivity index (χ4n) is 1.06. The zero-order valence-electron chi connectivity index (χ0n) is 8.14. The maximum Gasteiger partial charge on any atom is 0.416 e. The Kier molecular flexibility index (Phi) is 3.34. The highest BCUT2D eigenvalue weighted by Crippen LogP contribution is 2.28. The van der Waals surface area contributed by atoms with E-state index in [1.165, 1.54) is 12.1 Å². The van der Waals surface area contributed by atoms with E-state index in [1.807, 2.05) is 0 Å². The van der Waals surface area contributed by atoms with Crippen molar-refractivity contribution in [3.05, 3.63) is 35.4 Å². The fraction of sp³-hybridized carbons (Fsp3) is 0.300. The highest BCUT2D eigenvalue weighted by molar-refractivity contribution is 5.89. The molecule has 1 aromatic rings. The van der Waals surface area contributed by atoms with Crippen molar-refractivity contribution >= 4 is 5.90 Å². The molecule has 0 atom stereocenters. The normalized spacial score (nSPS) is 11.2. The number of nitrogens with two attached hydrogens (primary N) is 1. The number of hydrogen-bond donors (Lipinski definition) is 1. The van der Waals surface area contributed by atoms with Crippen LogP contribution in [0.15, 0.2) is 24.3 Å². The number of ether oxygens (including phenoxy) is 1. The first-order chi connectivity index (χ1) is 6.95. The molecule has 5 heteroatoms. The van der Waals surface area contributed by atoms with E-state index >= 15 is 0 Å². The molecule has 2 N–H and O–H groups in total.